The molecule has 0 aliphatic carbocycles. The maximum absolute atomic E-state index is 13.3. The molecule has 8 heteroatoms. The molecular formula is C26H26N4O2S2. The number of anilines is 1. The fourth-order valence-electron chi connectivity index (χ4n) is 3.90. The van der Waals surface area contributed by atoms with E-state index in [9.17, 15) is 9.59 Å². The van der Waals surface area contributed by atoms with Crippen molar-refractivity contribution in [2.45, 2.75) is 19.8 Å². The number of carbonyl (C=O) groups excluding carboxylic acids is 2. The fourth-order valence-corrected chi connectivity index (χ4v) is 5.67. The number of rotatable bonds is 7. The molecule has 0 fully saturated rings. The largest absolute Gasteiger partial charge is 0.345 e. The lowest BCUT2D eigenvalue weighted by Gasteiger charge is -2.32. The van der Waals surface area contributed by atoms with Crippen LogP contribution < -0.4 is 5.32 Å². The zero-order valence-electron chi connectivity index (χ0n) is 19.5. The van der Waals surface area contributed by atoms with E-state index in [1.165, 1.54) is 11.3 Å². The lowest BCUT2D eigenvalue weighted by atomic mass is 9.73. The van der Waals surface area contributed by atoms with Gasteiger partial charge in [0.1, 0.15) is 5.51 Å². The normalized spacial score (nSPS) is 12.2. The van der Waals surface area contributed by atoms with Gasteiger partial charge in [0.2, 0.25) is 11.0 Å². The molecule has 0 saturated heterocycles. The molecule has 4 rings (SSSR count). The van der Waals surface area contributed by atoms with Crippen LogP contribution in [0.5, 0.6) is 0 Å². The van der Waals surface area contributed by atoms with Crippen LogP contribution in [0.25, 0.3) is 10.4 Å². The number of nitrogens with zero attached hydrogens (tertiary/aromatic N) is 3. The van der Waals surface area contributed by atoms with E-state index in [1.54, 1.807) is 35.8 Å². The molecule has 2 heterocycles. The van der Waals surface area contributed by atoms with Crippen LogP contribution >= 0.6 is 22.7 Å². The van der Waals surface area contributed by atoms with Gasteiger partial charge in [-0.25, -0.2) is 0 Å². The van der Waals surface area contributed by atoms with E-state index in [4.69, 9.17) is 0 Å². The van der Waals surface area contributed by atoms with Gasteiger partial charge in [0.05, 0.1) is 5.41 Å². The van der Waals surface area contributed by atoms with Crippen molar-refractivity contribution >= 4 is 39.6 Å². The smallest absolute Gasteiger partial charge is 0.253 e. The Labute approximate surface area is 207 Å². The second-order valence-electron chi connectivity index (χ2n) is 8.74. The molecule has 2 aromatic heterocycles. The van der Waals surface area contributed by atoms with E-state index in [0.29, 0.717) is 10.7 Å². The molecule has 1 unspecified atom stereocenters. The van der Waals surface area contributed by atoms with Gasteiger partial charge in [-0.15, -0.1) is 21.5 Å². The van der Waals surface area contributed by atoms with Crippen molar-refractivity contribution in [2.24, 2.45) is 5.41 Å². The van der Waals surface area contributed by atoms with Crippen LogP contribution in [0.15, 0.2) is 72.2 Å². The first kappa shape index (κ1) is 23.8. The van der Waals surface area contributed by atoms with E-state index >= 15 is 0 Å². The van der Waals surface area contributed by atoms with Crippen LogP contribution in [0.1, 0.15) is 40.6 Å². The van der Waals surface area contributed by atoms with Gasteiger partial charge in [-0.05, 0) is 35.4 Å². The topological polar surface area (TPSA) is 75.2 Å². The third kappa shape index (κ3) is 4.93. The first-order valence-electron chi connectivity index (χ1n) is 10.8. The molecule has 34 heavy (non-hydrogen) atoms. The SMILES string of the molecule is CN(C)C(=O)c1ccc(-c2ccc(C(c3ccccc3)C(C)(C)C(=O)Nc3nncs3)s2)cc1. The molecule has 1 atom stereocenters. The summed E-state index contributed by atoms with van der Waals surface area (Å²) in [6.45, 7) is 3.92. The van der Waals surface area contributed by atoms with E-state index in [-0.39, 0.29) is 17.7 Å². The third-order valence-electron chi connectivity index (χ3n) is 5.75. The standard InChI is InChI=1S/C26H26N4O2S2/c1-26(2,24(32)28-25-29-27-16-33-25)22(18-8-6-5-7-9-18)21-15-14-20(34-21)17-10-12-19(13-11-17)23(31)30(3)4/h5-16,22H,1-4H3,(H,28,29,32). The second-order valence-corrected chi connectivity index (χ2v) is 10.7. The Kier molecular flexibility index (Phi) is 6.90. The predicted octanol–water partition coefficient (Wildman–Crippen LogP) is 5.77. The summed E-state index contributed by atoms with van der Waals surface area (Å²) in [4.78, 5) is 29.3. The minimum absolute atomic E-state index is 0.0225. The molecule has 6 nitrogen and oxygen atoms in total. The highest BCUT2D eigenvalue weighted by Gasteiger charge is 2.40. The molecule has 2 aromatic carbocycles. The summed E-state index contributed by atoms with van der Waals surface area (Å²) in [6.07, 6.45) is 0. The maximum Gasteiger partial charge on any atom is 0.253 e. The van der Waals surface area contributed by atoms with Crippen LogP contribution in [-0.2, 0) is 4.79 Å². The van der Waals surface area contributed by atoms with E-state index in [2.05, 4.69) is 39.8 Å². The van der Waals surface area contributed by atoms with Crippen molar-refractivity contribution in [1.29, 1.82) is 0 Å². The zero-order valence-corrected chi connectivity index (χ0v) is 21.1. The molecular weight excluding hydrogens is 464 g/mol. The number of benzene rings is 2. The molecule has 174 valence electrons. The van der Waals surface area contributed by atoms with Crippen LogP contribution in [0.3, 0.4) is 0 Å². The fraction of sp³-hybridized carbons (Fsp3) is 0.231. The zero-order chi connectivity index (χ0) is 24.3. The van der Waals surface area contributed by atoms with Crippen LogP contribution in [0, 0.1) is 5.41 Å². The average Bonchev–Trinajstić information content (AvgIpc) is 3.52. The lowest BCUT2D eigenvalue weighted by molar-refractivity contribution is -0.124. The van der Waals surface area contributed by atoms with Crippen LogP contribution in [0.2, 0.25) is 0 Å². The van der Waals surface area contributed by atoms with Crippen LogP contribution in [-0.4, -0.2) is 41.0 Å². The first-order chi connectivity index (χ1) is 16.3. The predicted molar refractivity (Wildman–Crippen MR) is 138 cm³/mol. The third-order valence-corrected chi connectivity index (χ3v) is 7.56. The Balaban J connectivity index is 1.67. The summed E-state index contributed by atoms with van der Waals surface area (Å²) in [6, 6.07) is 21.9. The highest BCUT2D eigenvalue weighted by molar-refractivity contribution is 7.15. The van der Waals surface area contributed by atoms with Gasteiger partial charge < -0.3 is 10.2 Å². The average molecular weight is 491 g/mol. The highest BCUT2D eigenvalue weighted by Crippen LogP contribution is 2.45. The van der Waals surface area contributed by atoms with Crippen LogP contribution in [0.4, 0.5) is 5.13 Å². The Bertz CT molecular complexity index is 1260. The van der Waals surface area contributed by atoms with Crippen molar-refractivity contribution in [2.75, 3.05) is 19.4 Å². The lowest BCUT2D eigenvalue weighted by Crippen LogP contribution is -2.36. The van der Waals surface area contributed by atoms with Gasteiger partial charge in [-0.1, -0.05) is 67.6 Å². The molecule has 4 aromatic rings. The first-order valence-corrected chi connectivity index (χ1v) is 12.5. The Morgan fingerprint density at radius 2 is 1.68 bits per heavy atom. The molecule has 0 aliphatic rings. The van der Waals surface area contributed by atoms with E-state index in [1.807, 2.05) is 56.3 Å². The van der Waals surface area contributed by atoms with Crippen molar-refractivity contribution in [3.8, 4) is 10.4 Å². The van der Waals surface area contributed by atoms with Gasteiger partial charge in [0.15, 0.2) is 0 Å². The Hall–Kier alpha value is -3.36. The summed E-state index contributed by atoms with van der Waals surface area (Å²) >= 11 is 2.96. The number of hydrogen-bond donors (Lipinski definition) is 1. The molecule has 0 radical (unpaired) electrons. The number of hydrogen-bond acceptors (Lipinski definition) is 6. The number of thiophene rings is 1. The Morgan fingerprint density at radius 1 is 0.971 bits per heavy atom. The number of amides is 2. The van der Waals surface area contributed by atoms with Crippen molar-refractivity contribution in [1.82, 2.24) is 15.1 Å². The van der Waals surface area contributed by atoms with Gasteiger partial charge >= 0.3 is 0 Å². The highest BCUT2D eigenvalue weighted by atomic mass is 32.1. The molecule has 0 spiro atoms. The molecule has 0 aliphatic heterocycles. The number of carbonyl (C=O) groups is 2. The summed E-state index contributed by atoms with van der Waals surface area (Å²) in [5.74, 6) is -0.291. The number of nitrogens with one attached hydrogen (secondary N) is 1. The molecule has 1 N–H and O–H groups in total. The summed E-state index contributed by atoms with van der Waals surface area (Å²) in [7, 11) is 3.49. The van der Waals surface area contributed by atoms with Gasteiger partial charge in [0.25, 0.3) is 5.91 Å². The molecule has 0 bridgehead atoms. The van der Waals surface area contributed by atoms with E-state index < -0.39 is 5.41 Å². The van der Waals surface area contributed by atoms with Crippen molar-refractivity contribution in [3.05, 3.63) is 88.2 Å². The minimum Gasteiger partial charge on any atom is -0.345 e. The minimum atomic E-state index is -0.753. The van der Waals surface area contributed by atoms with Crippen molar-refractivity contribution in [3.63, 3.8) is 0 Å². The second kappa shape index (κ2) is 9.87. The quantitative estimate of drug-likeness (QED) is 0.357. The summed E-state index contributed by atoms with van der Waals surface area (Å²) in [5.41, 5.74) is 3.61. The molecule has 2 amide bonds. The van der Waals surface area contributed by atoms with Gasteiger partial charge in [-0.2, -0.15) is 0 Å². The molecule has 0 saturated carbocycles. The van der Waals surface area contributed by atoms with Gasteiger partial charge in [-0.3, -0.25) is 9.59 Å². The number of aromatic nitrogens is 2. The summed E-state index contributed by atoms with van der Waals surface area (Å²) < 4.78 is 0. The summed E-state index contributed by atoms with van der Waals surface area (Å²) in [5, 5.41) is 11.2. The van der Waals surface area contributed by atoms with E-state index in [0.717, 1.165) is 20.9 Å². The maximum atomic E-state index is 13.3. The Morgan fingerprint density at radius 3 is 2.29 bits per heavy atom. The van der Waals surface area contributed by atoms with Crippen molar-refractivity contribution < 1.29 is 9.59 Å². The monoisotopic (exact) mass is 490 g/mol. The van der Waals surface area contributed by atoms with Gasteiger partial charge in [0, 0.05) is 35.3 Å².